The van der Waals surface area contributed by atoms with Crippen molar-refractivity contribution in [2.24, 2.45) is 11.8 Å². The van der Waals surface area contributed by atoms with Crippen LogP contribution in [-0.4, -0.2) is 42.1 Å². The molecule has 1 aromatic heterocycles. The lowest BCUT2D eigenvalue weighted by molar-refractivity contribution is 0.0815. The van der Waals surface area contributed by atoms with Gasteiger partial charge in [0.15, 0.2) is 0 Å². The van der Waals surface area contributed by atoms with E-state index in [0.29, 0.717) is 30.4 Å². The number of methoxy groups -OCH3 is 2. The Morgan fingerprint density at radius 2 is 1.68 bits per heavy atom. The minimum absolute atomic E-state index is 0.0559. The number of rotatable bonds is 12. The van der Waals surface area contributed by atoms with Crippen molar-refractivity contribution in [2.45, 2.75) is 45.3 Å². The zero-order valence-corrected chi connectivity index (χ0v) is 23.0. The van der Waals surface area contributed by atoms with E-state index in [2.05, 4.69) is 28.8 Å². The average molecular weight is 528 g/mol. The van der Waals surface area contributed by atoms with E-state index >= 15 is 0 Å². The fourth-order valence-electron chi connectivity index (χ4n) is 5.48. The first-order chi connectivity index (χ1) is 17.7. The standard InChI is InChI=1S/C29H38NO6P/c1-20-27(34-2)16-25(17-28(20)35-3)29(31)26(15-22-13-23-7-5-6-8-24(23)14-22)19-30-11-9-21(18-30)10-12-37(32,33)36-4/h5-9,11,16-18,22,26,29,31H,10,12-15,19H2,1-4H3,(H,32,33)/t26-,29-/m1/s1. The molecule has 2 N–H and O–H groups in total. The second-order valence-corrected chi connectivity index (χ2v) is 12.1. The van der Waals surface area contributed by atoms with Crippen molar-refractivity contribution in [1.82, 2.24) is 4.57 Å². The zero-order valence-electron chi connectivity index (χ0n) is 22.1. The van der Waals surface area contributed by atoms with Crippen molar-refractivity contribution >= 4 is 7.60 Å². The lowest BCUT2D eigenvalue weighted by Crippen LogP contribution is -2.22. The highest BCUT2D eigenvalue weighted by atomic mass is 31.2. The van der Waals surface area contributed by atoms with E-state index in [1.807, 2.05) is 37.5 Å². The summed E-state index contributed by atoms with van der Waals surface area (Å²) in [6, 6.07) is 14.4. The number of aliphatic hydroxyl groups excluding tert-OH is 1. The van der Waals surface area contributed by atoms with Crippen molar-refractivity contribution in [1.29, 1.82) is 0 Å². The third-order valence-electron chi connectivity index (χ3n) is 7.56. The number of aryl methyl sites for hydroxylation is 1. The van der Waals surface area contributed by atoms with Crippen molar-refractivity contribution in [3.8, 4) is 11.5 Å². The summed E-state index contributed by atoms with van der Waals surface area (Å²) in [5.74, 6) is 1.77. The van der Waals surface area contributed by atoms with Crippen LogP contribution >= 0.6 is 7.60 Å². The van der Waals surface area contributed by atoms with E-state index in [0.717, 1.165) is 36.0 Å². The number of benzene rings is 2. The largest absolute Gasteiger partial charge is 0.496 e. The molecule has 1 aliphatic carbocycles. The molecule has 3 atom stereocenters. The summed E-state index contributed by atoms with van der Waals surface area (Å²) in [5.41, 5.74) is 5.43. The molecule has 1 unspecified atom stereocenters. The van der Waals surface area contributed by atoms with Gasteiger partial charge in [0.1, 0.15) is 11.5 Å². The Balaban J connectivity index is 1.56. The fraction of sp³-hybridized carbons (Fsp3) is 0.448. The molecule has 37 heavy (non-hydrogen) atoms. The predicted octanol–water partition coefficient (Wildman–Crippen LogP) is 5.34. The van der Waals surface area contributed by atoms with Crippen LogP contribution in [0.3, 0.4) is 0 Å². The van der Waals surface area contributed by atoms with Crippen LogP contribution in [0.1, 0.15) is 40.3 Å². The molecule has 7 nitrogen and oxygen atoms in total. The summed E-state index contributed by atoms with van der Waals surface area (Å²) < 4.78 is 29.8. The number of aliphatic hydroxyl groups is 1. The molecule has 0 radical (unpaired) electrons. The van der Waals surface area contributed by atoms with Gasteiger partial charge < -0.3 is 28.6 Å². The summed E-state index contributed by atoms with van der Waals surface area (Å²) in [5, 5.41) is 11.7. The molecule has 1 heterocycles. The molecule has 0 saturated carbocycles. The lowest BCUT2D eigenvalue weighted by atomic mass is 9.85. The molecular formula is C29H38NO6P. The number of fused-ring (bicyclic) bond motifs is 1. The second-order valence-electron chi connectivity index (χ2n) is 10.0. The molecule has 0 spiro atoms. The smallest absolute Gasteiger partial charge is 0.328 e. The Morgan fingerprint density at radius 3 is 2.24 bits per heavy atom. The van der Waals surface area contributed by atoms with Gasteiger partial charge in [0.2, 0.25) is 0 Å². The highest BCUT2D eigenvalue weighted by Gasteiger charge is 2.30. The van der Waals surface area contributed by atoms with Gasteiger partial charge in [-0.05, 0) is 79.0 Å². The van der Waals surface area contributed by atoms with E-state index < -0.39 is 13.7 Å². The molecule has 2 aromatic carbocycles. The number of ether oxygens (including phenoxy) is 2. The summed E-state index contributed by atoms with van der Waals surface area (Å²) in [6.45, 7) is 2.56. The number of aromatic nitrogens is 1. The minimum atomic E-state index is -3.55. The van der Waals surface area contributed by atoms with Gasteiger partial charge in [-0.25, -0.2) is 0 Å². The molecule has 200 valence electrons. The van der Waals surface area contributed by atoms with Crippen LogP contribution in [-0.2, 0) is 34.9 Å². The highest BCUT2D eigenvalue weighted by Crippen LogP contribution is 2.41. The Morgan fingerprint density at radius 1 is 1.05 bits per heavy atom. The van der Waals surface area contributed by atoms with Crippen molar-refractivity contribution in [2.75, 3.05) is 27.5 Å². The molecule has 0 amide bonds. The summed E-state index contributed by atoms with van der Waals surface area (Å²) in [4.78, 5) is 9.75. The van der Waals surface area contributed by atoms with Gasteiger partial charge in [-0.1, -0.05) is 24.3 Å². The first-order valence-corrected chi connectivity index (χ1v) is 14.5. The van der Waals surface area contributed by atoms with Crippen LogP contribution in [0, 0.1) is 18.8 Å². The van der Waals surface area contributed by atoms with Gasteiger partial charge in [-0.15, -0.1) is 0 Å². The Bertz CT molecular complexity index is 1200. The van der Waals surface area contributed by atoms with Crippen molar-refractivity contribution in [3.63, 3.8) is 0 Å². The van der Waals surface area contributed by atoms with Crippen LogP contribution in [0.5, 0.6) is 11.5 Å². The minimum Gasteiger partial charge on any atom is -0.496 e. The maximum Gasteiger partial charge on any atom is 0.328 e. The van der Waals surface area contributed by atoms with Gasteiger partial charge in [0, 0.05) is 37.5 Å². The first-order valence-electron chi connectivity index (χ1n) is 12.7. The van der Waals surface area contributed by atoms with Gasteiger partial charge in [0.05, 0.1) is 26.5 Å². The van der Waals surface area contributed by atoms with Gasteiger partial charge in [-0.2, -0.15) is 0 Å². The van der Waals surface area contributed by atoms with E-state index in [1.165, 1.54) is 18.2 Å². The van der Waals surface area contributed by atoms with Gasteiger partial charge >= 0.3 is 7.60 Å². The molecule has 4 rings (SSSR count). The molecule has 0 bridgehead atoms. The third kappa shape index (κ3) is 6.66. The maximum atomic E-state index is 11.9. The van der Waals surface area contributed by atoms with Crippen LogP contribution < -0.4 is 9.47 Å². The topological polar surface area (TPSA) is 90.2 Å². The Labute approximate surface area is 219 Å². The van der Waals surface area contributed by atoms with Gasteiger partial charge in [0.25, 0.3) is 0 Å². The molecule has 0 aliphatic heterocycles. The highest BCUT2D eigenvalue weighted by molar-refractivity contribution is 7.52. The van der Waals surface area contributed by atoms with E-state index in [-0.39, 0.29) is 12.1 Å². The van der Waals surface area contributed by atoms with Crippen molar-refractivity contribution in [3.05, 3.63) is 82.7 Å². The van der Waals surface area contributed by atoms with Crippen LogP contribution in [0.15, 0.2) is 54.9 Å². The normalized spacial score (nSPS) is 16.7. The van der Waals surface area contributed by atoms with E-state index in [1.54, 1.807) is 14.2 Å². The van der Waals surface area contributed by atoms with Crippen LogP contribution in [0.25, 0.3) is 0 Å². The van der Waals surface area contributed by atoms with Crippen LogP contribution in [0.2, 0.25) is 0 Å². The molecule has 0 saturated heterocycles. The van der Waals surface area contributed by atoms with Crippen molar-refractivity contribution < 1.29 is 28.6 Å². The molecule has 1 aliphatic rings. The van der Waals surface area contributed by atoms with E-state index in [9.17, 15) is 14.6 Å². The summed E-state index contributed by atoms with van der Waals surface area (Å²) in [7, 11) is 0.956. The number of nitrogens with zero attached hydrogens (tertiary/aromatic N) is 1. The van der Waals surface area contributed by atoms with Gasteiger partial charge in [-0.3, -0.25) is 4.57 Å². The Kier molecular flexibility index (Phi) is 8.81. The zero-order chi connectivity index (χ0) is 26.6. The molecular weight excluding hydrogens is 489 g/mol. The summed E-state index contributed by atoms with van der Waals surface area (Å²) >= 11 is 0. The molecule has 0 fully saturated rings. The quantitative estimate of drug-likeness (QED) is 0.309. The molecule has 8 heteroatoms. The molecule has 3 aromatic rings. The van der Waals surface area contributed by atoms with E-state index in [4.69, 9.17) is 14.0 Å². The second kappa shape index (κ2) is 11.9. The Hall–Kier alpha value is -2.57. The van der Waals surface area contributed by atoms with Crippen LogP contribution in [0.4, 0.5) is 0 Å². The average Bonchev–Trinajstić information content (AvgIpc) is 3.53. The lowest BCUT2D eigenvalue weighted by Gasteiger charge is -2.27. The predicted molar refractivity (Wildman–Crippen MR) is 145 cm³/mol. The summed E-state index contributed by atoms with van der Waals surface area (Å²) in [6.07, 6.45) is 6.66. The first kappa shape index (κ1) is 27.5. The monoisotopic (exact) mass is 527 g/mol. The number of hydrogen-bond donors (Lipinski definition) is 2. The fourth-order valence-corrected chi connectivity index (χ4v) is 6.21. The third-order valence-corrected chi connectivity index (χ3v) is 8.92. The maximum absolute atomic E-state index is 11.9. The number of hydrogen-bond acceptors (Lipinski definition) is 5. The SMILES string of the molecule is COc1cc([C@@H](O)[C@H](CC2Cc3ccccc3C2)Cn2ccc(CCP(=O)(O)OC)c2)cc(OC)c1C.